The van der Waals surface area contributed by atoms with E-state index in [0.29, 0.717) is 4.99 Å². The van der Waals surface area contributed by atoms with Crippen LogP contribution in [0.3, 0.4) is 0 Å². The number of hydrogen-bond acceptors (Lipinski definition) is 3. The Hall–Kier alpha value is -1.68. The number of benzene rings is 1. The van der Waals surface area contributed by atoms with Gasteiger partial charge < -0.3 is 10.6 Å². The molecule has 2 N–H and O–H groups in total. The molecule has 0 saturated carbocycles. The van der Waals surface area contributed by atoms with Crippen molar-refractivity contribution in [1.29, 1.82) is 0 Å². The van der Waals surface area contributed by atoms with Crippen molar-refractivity contribution >= 4 is 33.9 Å². The first kappa shape index (κ1) is 14.7. The first-order chi connectivity index (χ1) is 9.67. The summed E-state index contributed by atoms with van der Waals surface area (Å²) in [5.74, 6) is 0.909. The number of anilines is 1. The fourth-order valence-corrected chi connectivity index (χ4v) is 2.44. The number of para-hydroxylation sites is 1. The van der Waals surface area contributed by atoms with Crippen LogP contribution in [0.4, 0.5) is 5.82 Å². The van der Waals surface area contributed by atoms with E-state index in [1.165, 1.54) is 0 Å². The molecule has 1 heterocycles. The summed E-state index contributed by atoms with van der Waals surface area (Å²) in [5, 5.41) is 1.07. The summed E-state index contributed by atoms with van der Waals surface area (Å²) in [4.78, 5) is 7.44. The second-order valence-corrected chi connectivity index (χ2v) is 5.29. The average molecular weight is 287 g/mol. The average Bonchev–Trinajstić information content (AvgIpc) is 2.47. The lowest BCUT2D eigenvalue weighted by molar-refractivity contribution is 0.725. The van der Waals surface area contributed by atoms with Gasteiger partial charge in [0.05, 0.1) is 11.1 Å². The molecule has 4 heteroatoms. The van der Waals surface area contributed by atoms with E-state index < -0.39 is 0 Å². The van der Waals surface area contributed by atoms with Crippen LogP contribution < -0.4 is 10.6 Å². The number of thiocarbonyl (C=S) groups is 1. The molecule has 0 bridgehead atoms. The molecule has 3 nitrogen and oxygen atoms in total. The van der Waals surface area contributed by atoms with Crippen molar-refractivity contribution in [2.45, 2.75) is 26.7 Å². The fourth-order valence-electron chi connectivity index (χ4n) is 2.29. The van der Waals surface area contributed by atoms with Crippen molar-refractivity contribution in [3.8, 4) is 0 Å². The highest BCUT2D eigenvalue weighted by Gasteiger charge is 2.14. The molecule has 2 rings (SSSR count). The van der Waals surface area contributed by atoms with Gasteiger partial charge in [-0.15, -0.1) is 0 Å². The first-order valence-electron chi connectivity index (χ1n) is 7.11. The zero-order chi connectivity index (χ0) is 14.5. The standard InChI is InChI=1S/C16H21N3S/c1-3-5-10-19(4-2)16-13(15(17)20)11-12-8-6-7-9-14(12)18-16/h6-9,11H,3-5,10H2,1-2H3,(H2,17,20). The Balaban J connectivity index is 2.53. The van der Waals surface area contributed by atoms with Gasteiger partial charge in [0.2, 0.25) is 0 Å². The smallest absolute Gasteiger partial charge is 0.139 e. The quantitative estimate of drug-likeness (QED) is 0.826. The number of unbranched alkanes of at least 4 members (excludes halogenated alkanes) is 1. The van der Waals surface area contributed by atoms with E-state index in [0.717, 1.165) is 48.2 Å². The van der Waals surface area contributed by atoms with Crippen LogP contribution in [0.1, 0.15) is 32.3 Å². The van der Waals surface area contributed by atoms with E-state index in [1.54, 1.807) is 0 Å². The molecule has 2 aromatic rings. The largest absolute Gasteiger partial charge is 0.389 e. The maximum Gasteiger partial charge on any atom is 0.139 e. The third kappa shape index (κ3) is 3.07. The van der Waals surface area contributed by atoms with Gasteiger partial charge in [-0.3, -0.25) is 0 Å². The number of nitrogens with two attached hydrogens (primary N) is 1. The zero-order valence-corrected chi connectivity index (χ0v) is 12.9. The fraction of sp³-hybridized carbons (Fsp3) is 0.375. The molecule has 0 unspecified atom stereocenters. The molecule has 0 atom stereocenters. The third-order valence-corrected chi connectivity index (χ3v) is 3.65. The summed E-state index contributed by atoms with van der Waals surface area (Å²) >= 11 is 5.20. The van der Waals surface area contributed by atoms with Gasteiger partial charge in [0.1, 0.15) is 10.8 Å². The normalized spacial score (nSPS) is 10.7. The van der Waals surface area contributed by atoms with Crippen LogP contribution >= 0.6 is 12.2 Å². The Bertz CT molecular complexity index is 610. The number of fused-ring (bicyclic) bond motifs is 1. The summed E-state index contributed by atoms with van der Waals surface area (Å²) in [6, 6.07) is 10.1. The molecule has 0 amide bonds. The number of aromatic nitrogens is 1. The molecule has 20 heavy (non-hydrogen) atoms. The molecule has 0 spiro atoms. The van der Waals surface area contributed by atoms with Crippen LogP contribution in [0.2, 0.25) is 0 Å². The molecule has 0 aliphatic rings. The van der Waals surface area contributed by atoms with Gasteiger partial charge in [0.25, 0.3) is 0 Å². The highest BCUT2D eigenvalue weighted by atomic mass is 32.1. The Morgan fingerprint density at radius 1 is 1.30 bits per heavy atom. The first-order valence-corrected chi connectivity index (χ1v) is 7.52. The van der Waals surface area contributed by atoms with E-state index >= 15 is 0 Å². The molecular weight excluding hydrogens is 266 g/mol. The molecule has 106 valence electrons. The van der Waals surface area contributed by atoms with Crippen LogP contribution in [0.5, 0.6) is 0 Å². The molecule has 1 aromatic heterocycles. The zero-order valence-electron chi connectivity index (χ0n) is 12.1. The summed E-state index contributed by atoms with van der Waals surface area (Å²) < 4.78 is 0. The minimum Gasteiger partial charge on any atom is -0.389 e. The molecular formula is C16H21N3S. The Morgan fingerprint density at radius 2 is 2.05 bits per heavy atom. The molecule has 0 radical (unpaired) electrons. The van der Waals surface area contributed by atoms with Gasteiger partial charge in [0, 0.05) is 18.5 Å². The highest BCUT2D eigenvalue weighted by molar-refractivity contribution is 7.80. The maximum atomic E-state index is 5.89. The Morgan fingerprint density at radius 3 is 2.70 bits per heavy atom. The van der Waals surface area contributed by atoms with Crippen molar-refractivity contribution in [3.63, 3.8) is 0 Å². The van der Waals surface area contributed by atoms with Gasteiger partial charge in [-0.25, -0.2) is 4.98 Å². The lowest BCUT2D eigenvalue weighted by atomic mass is 10.1. The van der Waals surface area contributed by atoms with Gasteiger partial charge in [-0.05, 0) is 25.5 Å². The maximum absolute atomic E-state index is 5.89. The SMILES string of the molecule is CCCCN(CC)c1nc2ccccc2cc1C(N)=S. The van der Waals surface area contributed by atoms with Gasteiger partial charge in [-0.1, -0.05) is 43.8 Å². The molecule has 0 fully saturated rings. The van der Waals surface area contributed by atoms with E-state index in [9.17, 15) is 0 Å². The van der Waals surface area contributed by atoms with Crippen molar-refractivity contribution in [2.75, 3.05) is 18.0 Å². The number of pyridine rings is 1. The second kappa shape index (κ2) is 6.66. The summed E-state index contributed by atoms with van der Waals surface area (Å²) in [6.45, 7) is 6.21. The highest BCUT2D eigenvalue weighted by Crippen LogP contribution is 2.24. The predicted molar refractivity (Wildman–Crippen MR) is 90.4 cm³/mol. The minimum absolute atomic E-state index is 0.410. The third-order valence-electron chi connectivity index (χ3n) is 3.43. The number of hydrogen-bond donors (Lipinski definition) is 1. The van der Waals surface area contributed by atoms with E-state index in [-0.39, 0.29) is 0 Å². The molecule has 0 aliphatic heterocycles. The lowest BCUT2D eigenvalue weighted by Gasteiger charge is -2.24. The molecule has 1 aromatic carbocycles. The van der Waals surface area contributed by atoms with E-state index in [1.807, 2.05) is 24.3 Å². The Labute approximate surface area is 125 Å². The molecule has 0 saturated heterocycles. The van der Waals surface area contributed by atoms with Crippen molar-refractivity contribution in [2.24, 2.45) is 5.73 Å². The monoisotopic (exact) mass is 287 g/mol. The van der Waals surface area contributed by atoms with Gasteiger partial charge in [-0.2, -0.15) is 0 Å². The summed E-state index contributed by atoms with van der Waals surface area (Å²) in [7, 11) is 0. The van der Waals surface area contributed by atoms with Crippen LogP contribution in [0.15, 0.2) is 30.3 Å². The van der Waals surface area contributed by atoms with Crippen LogP contribution in [0.25, 0.3) is 10.9 Å². The molecule has 0 aliphatic carbocycles. The number of nitrogens with zero attached hydrogens (tertiary/aromatic N) is 2. The minimum atomic E-state index is 0.410. The predicted octanol–water partition coefficient (Wildman–Crippen LogP) is 3.50. The van der Waals surface area contributed by atoms with Gasteiger partial charge >= 0.3 is 0 Å². The Kier molecular flexibility index (Phi) is 4.90. The van der Waals surface area contributed by atoms with Crippen LogP contribution in [-0.2, 0) is 0 Å². The van der Waals surface area contributed by atoms with Crippen molar-refractivity contribution < 1.29 is 0 Å². The van der Waals surface area contributed by atoms with Crippen molar-refractivity contribution in [1.82, 2.24) is 4.98 Å². The number of rotatable bonds is 6. The second-order valence-electron chi connectivity index (χ2n) is 4.85. The van der Waals surface area contributed by atoms with E-state index in [4.69, 9.17) is 22.9 Å². The summed E-state index contributed by atoms with van der Waals surface area (Å²) in [5.41, 5.74) is 7.75. The van der Waals surface area contributed by atoms with Crippen LogP contribution in [-0.4, -0.2) is 23.1 Å². The van der Waals surface area contributed by atoms with Crippen LogP contribution in [0, 0.1) is 0 Å². The topological polar surface area (TPSA) is 42.2 Å². The van der Waals surface area contributed by atoms with E-state index in [2.05, 4.69) is 24.8 Å². The summed E-state index contributed by atoms with van der Waals surface area (Å²) in [6.07, 6.45) is 2.30. The van der Waals surface area contributed by atoms with Gasteiger partial charge in [0.15, 0.2) is 0 Å². The van der Waals surface area contributed by atoms with Crippen molar-refractivity contribution in [3.05, 3.63) is 35.9 Å². The lowest BCUT2D eigenvalue weighted by Crippen LogP contribution is -2.28.